The predicted molar refractivity (Wildman–Crippen MR) is 146 cm³/mol. The molecule has 9 heteroatoms. The summed E-state index contributed by atoms with van der Waals surface area (Å²) in [7, 11) is 0. The van der Waals surface area contributed by atoms with Crippen molar-refractivity contribution in [2.45, 2.75) is 57.7 Å². The predicted octanol–water partition coefficient (Wildman–Crippen LogP) is 5.00. The fourth-order valence-corrected chi connectivity index (χ4v) is 5.12. The lowest BCUT2D eigenvalue weighted by molar-refractivity contribution is -0.127. The first-order valence-corrected chi connectivity index (χ1v) is 13.2. The minimum Gasteiger partial charge on any atom is -0.351 e. The van der Waals surface area contributed by atoms with E-state index in [1.807, 2.05) is 18.2 Å². The maximum atomic E-state index is 14.1. The van der Waals surface area contributed by atoms with Gasteiger partial charge < -0.3 is 5.32 Å². The summed E-state index contributed by atoms with van der Waals surface area (Å²) in [6, 6.07) is 18.4. The molecule has 1 N–H and O–H groups in total. The van der Waals surface area contributed by atoms with E-state index < -0.39 is 17.8 Å². The number of hydrogen-bond acceptors (Lipinski definition) is 5. The van der Waals surface area contributed by atoms with E-state index in [1.54, 1.807) is 30.3 Å². The lowest BCUT2D eigenvalue weighted by Crippen LogP contribution is -2.48. The zero-order chi connectivity index (χ0) is 27.4. The molecule has 200 valence electrons. The maximum absolute atomic E-state index is 14.1. The SMILES string of the molecule is CC(=O)c1ccc(N(C(=O)Cn2nnc3ccccc32)C(C(=O)NC2CCCCC2)c2ccc(F)cc2)cc1. The molecule has 8 nitrogen and oxygen atoms in total. The third kappa shape index (κ3) is 5.87. The second-order valence-electron chi connectivity index (χ2n) is 9.90. The van der Waals surface area contributed by atoms with Gasteiger partial charge in [-0.3, -0.25) is 19.3 Å². The molecule has 5 rings (SSSR count). The highest BCUT2D eigenvalue weighted by molar-refractivity contribution is 6.02. The Labute approximate surface area is 225 Å². The van der Waals surface area contributed by atoms with E-state index in [2.05, 4.69) is 15.6 Å². The molecule has 0 spiro atoms. The Morgan fingerprint density at radius 3 is 2.36 bits per heavy atom. The highest BCUT2D eigenvalue weighted by Gasteiger charge is 2.34. The van der Waals surface area contributed by atoms with Gasteiger partial charge in [-0.2, -0.15) is 0 Å². The lowest BCUT2D eigenvalue weighted by atomic mass is 9.94. The Balaban J connectivity index is 1.57. The number of hydrogen-bond donors (Lipinski definition) is 1. The first kappa shape index (κ1) is 26.2. The summed E-state index contributed by atoms with van der Waals surface area (Å²) in [6.45, 7) is 1.29. The van der Waals surface area contributed by atoms with Crippen molar-refractivity contribution in [3.05, 3.63) is 89.7 Å². The monoisotopic (exact) mass is 527 g/mol. The number of rotatable bonds is 8. The van der Waals surface area contributed by atoms with Crippen molar-refractivity contribution < 1.29 is 18.8 Å². The zero-order valence-electron chi connectivity index (χ0n) is 21.7. The summed E-state index contributed by atoms with van der Waals surface area (Å²) in [5.74, 6) is -1.31. The van der Waals surface area contributed by atoms with Gasteiger partial charge >= 0.3 is 0 Å². The maximum Gasteiger partial charge on any atom is 0.249 e. The van der Waals surface area contributed by atoms with Gasteiger partial charge in [-0.25, -0.2) is 9.07 Å². The van der Waals surface area contributed by atoms with Crippen molar-refractivity contribution >= 4 is 34.3 Å². The minimum atomic E-state index is -1.07. The van der Waals surface area contributed by atoms with Crippen LogP contribution in [0.3, 0.4) is 0 Å². The lowest BCUT2D eigenvalue weighted by Gasteiger charge is -2.33. The van der Waals surface area contributed by atoms with E-state index in [-0.39, 0.29) is 24.3 Å². The van der Waals surface area contributed by atoms with Crippen LogP contribution in [0.4, 0.5) is 10.1 Å². The molecule has 0 radical (unpaired) electrons. The van der Waals surface area contributed by atoms with Crippen LogP contribution < -0.4 is 10.2 Å². The van der Waals surface area contributed by atoms with Crippen LogP contribution in [-0.2, 0) is 16.1 Å². The van der Waals surface area contributed by atoms with E-state index in [0.717, 1.165) is 32.1 Å². The van der Waals surface area contributed by atoms with Gasteiger partial charge in [-0.05, 0) is 73.9 Å². The third-order valence-corrected chi connectivity index (χ3v) is 7.17. The molecule has 3 aromatic carbocycles. The molecule has 1 unspecified atom stereocenters. The number of fused-ring (bicyclic) bond motifs is 1. The molecule has 39 heavy (non-hydrogen) atoms. The van der Waals surface area contributed by atoms with Crippen molar-refractivity contribution in [1.82, 2.24) is 20.3 Å². The second kappa shape index (κ2) is 11.6. The molecular formula is C30H30FN5O3. The Kier molecular flexibility index (Phi) is 7.76. The second-order valence-corrected chi connectivity index (χ2v) is 9.90. The molecule has 1 heterocycles. The fraction of sp³-hybridized carbons (Fsp3) is 0.300. The summed E-state index contributed by atoms with van der Waals surface area (Å²) in [5, 5.41) is 11.4. The zero-order valence-corrected chi connectivity index (χ0v) is 21.7. The number of carbonyl (C=O) groups is 3. The quantitative estimate of drug-likeness (QED) is 0.326. The molecule has 0 saturated heterocycles. The first-order valence-electron chi connectivity index (χ1n) is 13.2. The standard InChI is InChI=1S/C30H30FN5O3/c1-20(37)21-13-17-25(18-14-21)36(28(38)19-35-27-10-6-5-9-26(27)33-34-35)29(22-11-15-23(31)16-12-22)30(39)32-24-7-3-2-4-8-24/h5-6,9-18,24,29H,2-4,7-8,19H2,1H3,(H,32,39). The minimum absolute atomic E-state index is 0.00509. The van der Waals surface area contributed by atoms with Gasteiger partial charge in [0.2, 0.25) is 11.8 Å². The van der Waals surface area contributed by atoms with E-state index in [1.165, 1.54) is 40.8 Å². The van der Waals surface area contributed by atoms with E-state index in [9.17, 15) is 18.8 Å². The Bertz CT molecular complexity index is 1480. The molecule has 1 aromatic heterocycles. The van der Waals surface area contributed by atoms with Crippen LogP contribution >= 0.6 is 0 Å². The number of aromatic nitrogens is 3. The number of amides is 2. The smallest absolute Gasteiger partial charge is 0.249 e. The van der Waals surface area contributed by atoms with Crippen molar-refractivity contribution in [1.29, 1.82) is 0 Å². The van der Waals surface area contributed by atoms with E-state index in [4.69, 9.17) is 0 Å². The van der Waals surface area contributed by atoms with Crippen LogP contribution in [0.2, 0.25) is 0 Å². The number of nitrogens with zero attached hydrogens (tertiary/aromatic N) is 4. The average Bonchev–Trinajstić information content (AvgIpc) is 3.35. The molecule has 0 aliphatic heterocycles. The average molecular weight is 528 g/mol. The van der Waals surface area contributed by atoms with Gasteiger partial charge in [0.05, 0.1) is 5.52 Å². The van der Waals surface area contributed by atoms with Crippen LogP contribution in [-0.4, -0.2) is 38.6 Å². The summed E-state index contributed by atoms with van der Waals surface area (Å²) >= 11 is 0. The Hall–Kier alpha value is -4.40. The van der Waals surface area contributed by atoms with Crippen LogP contribution in [0.1, 0.15) is 61.0 Å². The van der Waals surface area contributed by atoms with Gasteiger partial charge in [-0.15, -0.1) is 5.10 Å². The molecule has 1 aliphatic carbocycles. The molecule has 1 aliphatic rings. The van der Waals surface area contributed by atoms with Crippen LogP contribution in [0.5, 0.6) is 0 Å². The number of nitrogens with one attached hydrogen (secondary N) is 1. The molecule has 1 fully saturated rings. The highest BCUT2D eigenvalue weighted by atomic mass is 19.1. The summed E-state index contributed by atoms with van der Waals surface area (Å²) < 4.78 is 15.4. The van der Waals surface area contributed by atoms with Crippen LogP contribution in [0.25, 0.3) is 11.0 Å². The van der Waals surface area contributed by atoms with Gasteiger partial charge in [-0.1, -0.05) is 48.7 Å². The largest absolute Gasteiger partial charge is 0.351 e. The summed E-state index contributed by atoms with van der Waals surface area (Å²) in [4.78, 5) is 41.3. The number of ketones is 1. The topological polar surface area (TPSA) is 97.2 Å². The molecular weight excluding hydrogens is 497 g/mol. The van der Waals surface area contributed by atoms with Crippen molar-refractivity contribution in [3.8, 4) is 0 Å². The Morgan fingerprint density at radius 1 is 0.974 bits per heavy atom. The van der Waals surface area contributed by atoms with Crippen LogP contribution in [0, 0.1) is 5.82 Å². The van der Waals surface area contributed by atoms with Crippen molar-refractivity contribution in [3.63, 3.8) is 0 Å². The Morgan fingerprint density at radius 2 is 1.67 bits per heavy atom. The van der Waals surface area contributed by atoms with Gasteiger partial charge in [0.25, 0.3) is 0 Å². The molecule has 2 amide bonds. The number of benzene rings is 3. The van der Waals surface area contributed by atoms with Crippen molar-refractivity contribution in [2.75, 3.05) is 4.90 Å². The summed E-state index contributed by atoms with van der Waals surface area (Å²) in [5.41, 5.74) is 2.72. The van der Waals surface area contributed by atoms with Gasteiger partial charge in [0.15, 0.2) is 5.78 Å². The fourth-order valence-electron chi connectivity index (χ4n) is 5.12. The van der Waals surface area contributed by atoms with Gasteiger partial charge in [0, 0.05) is 17.3 Å². The van der Waals surface area contributed by atoms with Crippen molar-refractivity contribution in [2.24, 2.45) is 0 Å². The molecule has 4 aromatic rings. The van der Waals surface area contributed by atoms with E-state index in [0.29, 0.717) is 27.8 Å². The number of anilines is 1. The first-order chi connectivity index (χ1) is 18.9. The third-order valence-electron chi connectivity index (χ3n) is 7.17. The van der Waals surface area contributed by atoms with E-state index >= 15 is 0 Å². The highest BCUT2D eigenvalue weighted by Crippen LogP contribution is 2.30. The number of para-hydroxylation sites is 1. The number of carbonyl (C=O) groups excluding carboxylic acids is 3. The number of Topliss-reactive ketones (excluding diaryl/α,β-unsaturated/α-hetero) is 1. The molecule has 0 bridgehead atoms. The number of halogens is 1. The summed E-state index contributed by atoms with van der Waals surface area (Å²) in [6.07, 6.45) is 4.93. The normalized spacial score (nSPS) is 14.6. The molecule has 1 atom stereocenters. The molecule has 1 saturated carbocycles. The van der Waals surface area contributed by atoms with Gasteiger partial charge in [0.1, 0.15) is 23.9 Å². The van der Waals surface area contributed by atoms with Crippen LogP contribution in [0.15, 0.2) is 72.8 Å².